The van der Waals surface area contributed by atoms with Crippen LogP contribution in [0.4, 0.5) is 5.69 Å². The fourth-order valence-electron chi connectivity index (χ4n) is 0.942. The molecule has 76 valence electrons. The maximum atomic E-state index is 11.3. The number of rotatable bonds is 3. The quantitative estimate of drug-likeness (QED) is 0.188. The van der Waals surface area contributed by atoms with Gasteiger partial charge in [0.25, 0.3) is 5.78 Å². The summed E-state index contributed by atoms with van der Waals surface area (Å²) in [5, 5.41) is 3.33. The molecule has 0 radical (unpaired) electrons. The van der Waals surface area contributed by atoms with Crippen LogP contribution in [0, 0.1) is 0 Å². The first-order chi connectivity index (χ1) is 7.19. The normalized spacial score (nSPS) is 8.87. The highest BCUT2D eigenvalue weighted by molar-refractivity contribution is 6.40. The first-order valence-electron chi connectivity index (χ1n) is 3.97. The predicted molar refractivity (Wildman–Crippen MR) is 51.6 cm³/mol. The molecule has 0 fully saturated rings. The zero-order chi connectivity index (χ0) is 11.3. The first kappa shape index (κ1) is 10.7. The Morgan fingerprint density at radius 3 is 2.40 bits per heavy atom. The van der Waals surface area contributed by atoms with Crippen LogP contribution >= 0.6 is 0 Å². The molecule has 6 nitrogen and oxygen atoms in total. The third-order valence-electron chi connectivity index (χ3n) is 1.66. The molecule has 0 saturated heterocycles. The van der Waals surface area contributed by atoms with Gasteiger partial charge in [0.15, 0.2) is 0 Å². The second-order valence-corrected chi connectivity index (χ2v) is 2.56. The molecule has 15 heavy (non-hydrogen) atoms. The molecule has 0 aliphatic carbocycles. The van der Waals surface area contributed by atoms with Gasteiger partial charge in [0, 0.05) is 16.2 Å². The zero-order valence-electron chi connectivity index (χ0n) is 7.88. The van der Waals surface area contributed by atoms with Crippen LogP contribution in [0.15, 0.2) is 29.4 Å². The molecule has 0 heterocycles. The lowest BCUT2D eigenvalue weighted by Gasteiger charge is -1.98. The van der Waals surface area contributed by atoms with Crippen LogP contribution in [-0.2, 0) is 9.53 Å². The number of ether oxygens (including phenoxy) is 1. The maximum absolute atomic E-state index is 11.3. The van der Waals surface area contributed by atoms with Crippen LogP contribution in [0.25, 0.3) is 10.4 Å². The topological polar surface area (TPSA) is 92.1 Å². The molecule has 0 aromatic heterocycles. The SMILES string of the molecule is COC(=O)C(=O)c1ccc(N=[N+]=[N-])cc1. The number of carbonyl (C=O) groups is 2. The van der Waals surface area contributed by atoms with E-state index in [9.17, 15) is 9.59 Å². The molecular formula is C9H7N3O3. The van der Waals surface area contributed by atoms with Gasteiger partial charge in [-0.05, 0) is 5.53 Å². The van der Waals surface area contributed by atoms with Gasteiger partial charge in [-0.1, -0.05) is 29.4 Å². The minimum atomic E-state index is -0.925. The average Bonchev–Trinajstić information content (AvgIpc) is 2.28. The van der Waals surface area contributed by atoms with Gasteiger partial charge in [0.05, 0.1) is 7.11 Å². The van der Waals surface area contributed by atoms with Crippen LogP contribution in [0.1, 0.15) is 10.4 Å². The molecule has 0 aliphatic heterocycles. The number of esters is 1. The summed E-state index contributed by atoms with van der Waals surface area (Å²) in [4.78, 5) is 24.7. The van der Waals surface area contributed by atoms with Crippen molar-refractivity contribution in [1.29, 1.82) is 0 Å². The highest BCUT2D eigenvalue weighted by Crippen LogP contribution is 2.13. The van der Waals surface area contributed by atoms with Gasteiger partial charge in [-0.3, -0.25) is 4.79 Å². The first-order valence-corrected chi connectivity index (χ1v) is 3.97. The van der Waals surface area contributed by atoms with Gasteiger partial charge in [-0.15, -0.1) is 0 Å². The molecular weight excluding hydrogens is 198 g/mol. The highest BCUT2D eigenvalue weighted by Gasteiger charge is 2.15. The summed E-state index contributed by atoms with van der Waals surface area (Å²) in [6.07, 6.45) is 0. The fourth-order valence-corrected chi connectivity index (χ4v) is 0.942. The molecule has 0 bridgehead atoms. The summed E-state index contributed by atoms with van der Waals surface area (Å²) < 4.78 is 4.27. The number of carbonyl (C=O) groups excluding carboxylic acids is 2. The lowest BCUT2D eigenvalue weighted by Crippen LogP contribution is -2.15. The van der Waals surface area contributed by atoms with Gasteiger partial charge in [-0.25, -0.2) is 4.79 Å². The molecule has 1 rings (SSSR count). The number of azide groups is 1. The number of methoxy groups -OCH3 is 1. The van der Waals surface area contributed by atoms with Crippen LogP contribution in [0.3, 0.4) is 0 Å². The fraction of sp³-hybridized carbons (Fsp3) is 0.111. The number of Topliss-reactive ketones (excluding diaryl/α,β-unsaturated/α-hetero) is 1. The summed E-state index contributed by atoms with van der Waals surface area (Å²) in [7, 11) is 1.13. The smallest absolute Gasteiger partial charge is 0.379 e. The zero-order valence-corrected chi connectivity index (χ0v) is 7.88. The lowest BCUT2D eigenvalue weighted by atomic mass is 10.1. The molecule has 1 aromatic rings. The largest absolute Gasteiger partial charge is 0.463 e. The van der Waals surface area contributed by atoms with Crippen molar-refractivity contribution in [2.24, 2.45) is 5.11 Å². The van der Waals surface area contributed by atoms with Gasteiger partial charge >= 0.3 is 5.97 Å². The lowest BCUT2D eigenvalue weighted by molar-refractivity contribution is -0.135. The van der Waals surface area contributed by atoms with Gasteiger partial charge < -0.3 is 4.74 Å². The molecule has 1 aromatic carbocycles. The number of hydrogen-bond acceptors (Lipinski definition) is 4. The minimum absolute atomic E-state index is 0.193. The maximum Gasteiger partial charge on any atom is 0.379 e. The Labute approximate surface area is 85.1 Å². The van der Waals surface area contributed by atoms with Crippen molar-refractivity contribution in [1.82, 2.24) is 0 Å². The summed E-state index contributed by atoms with van der Waals surface area (Å²) in [6, 6.07) is 5.66. The molecule has 0 aliphatic rings. The highest BCUT2D eigenvalue weighted by atomic mass is 16.5. The van der Waals surface area contributed by atoms with E-state index in [2.05, 4.69) is 14.8 Å². The summed E-state index contributed by atoms with van der Waals surface area (Å²) >= 11 is 0. The Hall–Kier alpha value is -2.33. The Morgan fingerprint density at radius 2 is 1.93 bits per heavy atom. The van der Waals surface area contributed by atoms with E-state index in [4.69, 9.17) is 5.53 Å². The van der Waals surface area contributed by atoms with Crippen molar-refractivity contribution in [2.75, 3.05) is 7.11 Å². The number of nitrogens with zero attached hydrogens (tertiary/aromatic N) is 3. The van der Waals surface area contributed by atoms with Gasteiger partial charge in [-0.2, -0.15) is 0 Å². The van der Waals surface area contributed by atoms with Crippen LogP contribution in [-0.4, -0.2) is 18.9 Å². The van der Waals surface area contributed by atoms with E-state index in [0.717, 1.165) is 7.11 Å². The Balaban J connectivity index is 2.93. The van der Waals surface area contributed by atoms with E-state index >= 15 is 0 Å². The number of benzene rings is 1. The molecule has 0 unspecified atom stereocenters. The van der Waals surface area contributed by atoms with Crippen molar-refractivity contribution in [3.63, 3.8) is 0 Å². The van der Waals surface area contributed by atoms with Gasteiger partial charge in [0.2, 0.25) is 0 Å². The van der Waals surface area contributed by atoms with Crippen LogP contribution in [0.2, 0.25) is 0 Å². The van der Waals surface area contributed by atoms with Gasteiger partial charge in [0.1, 0.15) is 0 Å². The summed E-state index contributed by atoms with van der Waals surface area (Å²) in [5.41, 5.74) is 8.71. The molecule has 0 N–H and O–H groups in total. The Bertz CT molecular complexity index is 432. The van der Waals surface area contributed by atoms with Crippen LogP contribution in [0.5, 0.6) is 0 Å². The van der Waals surface area contributed by atoms with Crippen molar-refractivity contribution < 1.29 is 14.3 Å². The Morgan fingerprint density at radius 1 is 1.33 bits per heavy atom. The molecule has 0 amide bonds. The number of hydrogen-bond donors (Lipinski definition) is 0. The molecule has 6 heteroatoms. The third kappa shape index (κ3) is 2.55. The van der Waals surface area contributed by atoms with E-state index in [0.29, 0.717) is 5.69 Å². The number of ketones is 1. The molecule has 0 spiro atoms. The average molecular weight is 205 g/mol. The van der Waals surface area contributed by atoms with Crippen molar-refractivity contribution in [2.45, 2.75) is 0 Å². The summed E-state index contributed by atoms with van der Waals surface area (Å²) in [6.45, 7) is 0. The second-order valence-electron chi connectivity index (χ2n) is 2.56. The van der Waals surface area contributed by atoms with E-state index < -0.39 is 11.8 Å². The third-order valence-corrected chi connectivity index (χ3v) is 1.66. The van der Waals surface area contributed by atoms with Crippen LogP contribution < -0.4 is 0 Å². The predicted octanol–water partition coefficient (Wildman–Crippen LogP) is 1.98. The minimum Gasteiger partial charge on any atom is -0.463 e. The monoisotopic (exact) mass is 205 g/mol. The van der Waals surface area contributed by atoms with Crippen molar-refractivity contribution in [3.05, 3.63) is 40.3 Å². The van der Waals surface area contributed by atoms with E-state index in [1.165, 1.54) is 24.3 Å². The summed E-state index contributed by atoms with van der Waals surface area (Å²) in [5.74, 6) is -1.66. The van der Waals surface area contributed by atoms with E-state index in [-0.39, 0.29) is 5.56 Å². The Kier molecular flexibility index (Phi) is 3.43. The van der Waals surface area contributed by atoms with E-state index in [1.807, 2.05) is 0 Å². The standard InChI is InChI=1S/C9H7N3O3/c1-15-9(14)8(13)6-2-4-7(5-3-6)11-12-10/h2-5H,1H3. The molecule has 0 saturated carbocycles. The van der Waals surface area contributed by atoms with E-state index in [1.54, 1.807) is 0 Å². The second kappa shape index (κ2) is 4.78. The van der Waals surface area contributed by atoms with Crippen molar-refractivity contribution in [3.8, 4) is 0 Å². The van der Waals surface area contributed by atoms with Crippen molar-refractivity contribution >= 4 is 17.4 Å². The molecule has 0 atom stereocenters.